The molecule has 2 unspecified atom stereocenters. The highest BCUT2D eigenvalue weighted by Crippen LogP contribution is 2.27. The summed E-state index contributed by atoms with van der Waals surface area (Å²) in [6, 6.07) is 0. The summed E-state index contributed by atoms with van der Waals surface area (Å²) in [7, 11) is 0. The minimum atomic E-state index is -0.0912. The summed E-state index contributed by atoms with van der Waals surface area (Å²) < 4.78 is 10.0. The van der Waals surface area contributed by atoms with Crippen molar-refractivity contribution < 1.29 is 18.1 Å². The van der Waals surface area contributed by atoms with Crippen LogP contribution in [-0.2, 0) is 18.1 Å². The molecule has 2 heterocycles. The summed E-state index contributed by atoms with van der Waals surface area (Å²) in [4.78, 5) is 10.3. The molecule has 0 amide bonds. The highest BCUT2D eigenvalue weighted by molar-refractivity contribution is 7.95. The third-order valence-electron chi connectivity index (χ3n) is 1.56. The number of hydrogen-bond acceptors (Lipinski definition) is 6. The molecule has 6 heteroatoms. The maximum atomic E-state index is 5.17. The summed E-state index contributed by atoms with van der Waals surface area (Å²) in [5, 5.41) is 0. The van der Waals surface area contributed by atoms with E-state index in [4.69, 9.17) is 18.1 Å². The van der Waals surface area contributed by atoms with Gasteiger partial charge in [-0.2, -0.15) is 0 Å². The van der Waals surface area contributed by atoms with E-state index < -0.39 is 0 Å². The van der Waals surface area contributed by atoms with Crippen LogP contribution in [0.1, 0.15) is 12.8 Å². The van der Waals surface area contributed by atoms with Gasteiger partial charge in [0.25, 0.3) is 0 Å². The molecule has 2 atom stereocenters. The largest absolute Gasteiger partial charge is 0.431 e. The smallest absolute Gasteiger partial charge is 0.179 e. The monoisotopic (exact) mass is 234 g/mol. The number of rotatable bonds is 3. The summed E-state index contributed by atoms with van der Waals surface area (Å²) in [6.07, 6.45) is 8.67. The molecule has 2 rings (SSSR count). The minimum Gasteiger partial charge on any atom is -0.431 e. The average molecular weight is 234 g/mol. The lowest BCUT2D eigenvalue weighted by Crippen LogP contribution is -2.17. The highest BCUT2D eigenvalue weighted by atomic mass is 32.2. The van der Waals surface area contributed by atoms with Crippen LogP contribution in [-0.4, -0.2) is 10.9 Å². The van der Waals surface area contributed by atoms with E-state index in [1.807, 2.05) is 12.2 Å². The van der Waals surface area contributed by atoms with Gasteiger partial charge in [-0.15, -0.1) is 0 Å². The molecule has 0 saturated heterocycles. The zero-order valence-corrected chi connectivity index (χ0v) is 8.96. The molecule has 0 radical (unpaired) electrons. The third-order valence-corrected chi connectivity index (χ3v) is 2.97. The van der Waals surface area contributed by atoms with E-state index in [-0.39, 0.29) is 10.9 Å². The zero-order valence-electron chi connectivity index (χ0n) is 7.33. The highest BCUT2D eigenvalue weighted by Gasteiger charge is 2.19. The Morgan fingerprint density at radius 2 is 1.43 bits per heavy atom. The Morgan fingerprint density at radius 3 is 1.79 bits per heavy atom. The van der Waals surface area contributed by atoms with Gasteiger partial charge in [-0.25, -0.2) is 9.78 Å². The van der Waals surface area contributed by atoms with Crippen LogP contribution in [0.25, 0.3) is 0 Å². The Hall–Kier alpha value is -0.300. The first-order valence-electron chi connectivity index (χ1n) is 4.21. The van der Waals surface area contributed by atoms with E-state index in [9.17, 15) is 0 Å². The van der Waals surface area contributed by atoms with E-state index in [1.54, 1.807) is 12.5 Å². The summed E-state index contributed by atoms with van der Waals surface area (Å²) in [6.45, 7) is 0. The van der Waals surface area contributed by atoms with Crippen molar-refractivity contribution in [2.75, 3.05) is 0 Å². The maximum Gasteiger partial charge on any atom is 0.179 e. The van der Waals surface area contributed by atoms with Crippen LogP contribution < -0.4 is 0 Å². The van der Waals surface area contributed by atoms with E-state index in [0.717, 1.165) is 12.8 Å². The van der Waals surface area contributed by atoms with Gasteiger partial charge in [0, 0.05) is 12.8 Å². The second-order valence-electron chi connectivity index (χ2n) is 2.65. The lowest BCUT2D eigenvalue weighted by Gasteiger charge is -2.20. The Kier molecular flexibility index (Phi) is 4.05. The van der Waals surface area contributed by atoms with Crippen LogP contribution in [0, 0.1) is 0 Å². The number of hydrogen-bond donors (Lipinski definition) is 0. The topological polar surface area (TPSA) is 36.9 Å². The van der Waals surface area contributed by atoms with Crippen molar-refractivity contribution in [3.05, 3.63) is 24.7 Å². The van der Waals surface area contributed by atoms with E-state index in [1.165, 1.54) is 24.1 Å². The van der Waals surface area contributed by atoms with Crippen LogP contribution in [0.4, 0.5) is 0 Å². The van der Waals surface area contributed by atoms with Gasteiger partial charge < -0.3 is 8.37 Å². The normalized spacial score (nSPS) is 30.9. The molecular formula is C8H10O4S2. The molecule has 2 aliphatic heterocycles. The van der Waals surface area contributed by atoms with E-state index in [2.05, 4.69) is 0 Å². The lowest BCUT2D eigenvalue weighted by atomic mass is 10.4. The van der Waals surface area contributed by atoms with Gasteiger partial charge in [0.05, 0.1) is 36.6 Å². The SMILES string of the molecule is C1=COSC(OOC2CC=COS2)C1. The molecule has 0 saturated carbocycles. The first kappa shape index (κ1) is 10.2. The minimum absolute atomic E-state index is 0.0912. The zero-order chi connectivity index (χ0) is 9.64. The van der Waals surface area contributed by atoms with Gasteiger partial charge in [-0.05, 0) is 12.2 Å². The molecule has 2 aliphatic rings. The van der Waals surface area contributed by atoms with Crippen molar-refractivity contribution in [2.45, 2.75) is 23.7 Å². The maximum absolute atomic E-state index is 5.17. The second kappa shape index (κ2) is 5.55. The Morgan fingerprint density at radius 1 is 0.929 bits per heavy atom. The van der Waals surface area contributed by atoms with Crippen LogP contribution in [0.2, 0.25) is 0 Å². The van der Waals surface area contributed by atoms with Crippen molar-refractivity contribution in [1.29, 1.82) is 0 Å². The van der Waals surface area contributed by atoms with Crippen molar-refractivity contribution in [3.63, 3.8) is 0 Å². The fraction of sp³-hybridized carbons (Fsp3) is 0.500. The molecule has 0 N–H and O–H groups in total. The summed E-state index contributed by atoms with van der Waals surface area (Å²) >= 11 is 2.50. The van der Waals surface area contributed by atoms with Crippen LogP contribution >= 0.6 is 24.1 Å². The predicted molar refractivity (Wildman–Crippen MR) is 54.6 cm³/mol. The molecule has 0 aromatic carbocycles. The Bertz CT molecular complexity index is 207. The molecule has 0 spiro atoms. The standard InChI is InChI=1S/C8H10O4S2/c1-3-7(13-9-5-1)11-12-8-4-2-6-10-14-8/h1-2,5-8H,3-4H2. The van der Waals surface area contributed by atoms with Crippen molar-refractivity contribution in [3.8, 4) is 0 Å². The van der Waals surface area contributed by atoms with Crippen molar-refractivity contribution in [2.24, 2.45) is 0 Å². The fourth-order valence-electron chi connectivity index (χ4n) is 0.913. The summed E-state index contributed by atoms with van der Waals surface area (Å²) in [5.74, 6) is 0. The van der Waals surface area contributed by atoms with Gasteiger partial charge in [-0.3, -0.25) is 0 Å². The van der Waals surface area contributed by atoms with Gasteiger partial charge in [0.15, 0.2) is 10.9 Å². The molecule has 14 heavy (non-hydrogen) atoms. The first-order chi connectivity index (χ1) is 6.95. The Balaban J connectivity index is 1.66. The molecule has 0 bridgehead atoms. The molecular weight excluding hydrogens is 224 g/mol. The van der Waals surface area contributed by atoms with Crippen molar-refractivity contribution in [1.82, 2.24) is 0 Å². The first-order valence-corrected chi connectivity index (χ1v) is 5.82. The quantitative estimate of drug-likeness (QED) is 0.424. The Labute approximate surface area is 91.0 Å². The molecule has 0 aromatic rings. The van der Waals surface area contributed by atoms with Crippen LogP contribution in [0.3, 0.4) is 0 Å². The van der Waals surface area contributed by atoms with Crippen LogP contribution in [0.5, 0.6) is 0 Å². The lowest BCUT2D eigenvalue weighted by molar-refractivity contribution is -0.314. The molecule has 4 nitrogen and oxygen atoms in total. The van der Waals surface area contributed by atoms with Gasteiger partial charge in [-0.1, -0.05) is 0 Å². The van der Waals surface area contributed by atoms with Crippen LogP contribution in [0.15, 0.2) is 24.7 Å². The molecule has 0 aliphatic carbocycles. The molecule has 78 valence electrons. The second-order valence-corrected chi connectivity index (χ2v) is 4.47. The predicted octanol–water partition coefficient (Wildman–Crippen LogP) is 2.75. The van der Waals surface area contributed by atoms with Gasteiger partial charge in [0.2, 0.25) is 0 Å². The average Bonchev–Trinajstić information content (AvgIpc) is 2.29. The van der Waals surface area contributed by atoms with E-state index >= 15 is 0 Å². The molecule has 0 fully saturated rings. The summed E-state index contributed by atoms with van der Waals surface area (Å²) in [5.41, 5.74) is -0.182. The molecule has 0 aromatic heterocycles. The third kappa shape index (κ3) is 3.13. The fourth-order valence-corrected chi connectivity index (χ4v) is 1.98. The van der Waals surface area contributed by atoms with E-state index in [0.29, 0.717) is 0 Å². The van der Waals surface area contributed by atoms with Crippen molar-refractivity contribution >= 4 is 24.1 Å². The van der Waals surface area contributed by atoms with Gasteiger partial charge in [0.1, 0.15) is 0 Å². The van der Waals surface area contributed by atoms with Gasteiger partial charge >= 0.3 is 0 Å².